The van der Waals surface area contributed by atoms with Gasteiger partial charge in [-0.1, -0.05) is 32.0 Å². The van der Waals surface area contributed by atoms with E-state index in [0.717, 1.165) is 19.5 Å². The summed E-state index contributed by atoms with van der Waals surface area (Å²) < 4.78 is 0. The zero-order chi connectivity index (χ0) is 11.1. The maximum atomic E-state index is 4.78. The van der Waals surface area contributed by atoms with Crippen LogP contribution in [0.15, 0.2) is 29.3 Å². The molecular formula is C14H18N2. The van der Waals surface area contributed by atoms with Gasteiger partial charge in [0.15, 0.2) is 0 Å². The standard InChI is InChI=1S/C14H18N2/c1-3-11-12-6-4-5-7-13(12)16-9-10(2)8-15-14(11)16/h4-7,10-11H,3,8-9H2,1-2H3. The van der Waals surface area contributed by atoms with Gasteiger partial charge in [-0.25, -0.2) is 0 Å². The summed E-state index contributed by atoms with van der Waals surface area (Å²) in [6.45, 7) is 6.66. The number of nitrogens with zero attached hydrogens (tertiary/aromatic N) is 2. The average molecular weight is 214 g/mol. The summed E-state index contributed by atoms with van der Waals surface area (Å²) in [6.07, 6.45) is 1.15. The Morgan fingerprint density at radius 3 is 3.00 bits per heavy atom. The topological polar surface area (TPSA) is 15.6 Å². The largest absolute Gasteiger partial charge is 0.329 e. The number of hydrogen-bond acceptors (Lipinski definition) is 2. The first-order chi connectivity index (χ1) is 7.81. The second kappa shape index (κ2) is 3.62. The normalized spacial score (nSPS) is 27.4. The minimum atomic E-state index is 0.531. The van der Waals surface area contributed by atoms with Crippen molar-refractivity contribution in [3.63, 3.8) is 0 Å². The van der Waals surface area contributed by atoms with Crippen LogP contribution in [0.3, 0.4) is 0 Å². The summed E-state index contributed by atoms with van der Waals surface area (Å²) in [7, 11) is 0. The number of fused-ring (bicyclic) bond motifs is 3. The summed E-state index contributed by atoms with van der Waals surface area (Å²) in [6, 6.07) is 8.77. The third kappa shape index (κ3) is 1.29. The van der Waals surface area contributed by atoms with Crippen LogP contribution in [0.4, 0.5) is 5.69 Å². The maximum Gasteiger partial charge on any atom is 0.111 e. The molecule has 3 rings (SSSR count). The van der Waals surface area contributed by atoms with Crippen molar-refractivity contribution < 1.29 is 0 Å². The molecule has 0 radical (unpaired) electrons. The van der Waals surface area contributed by atoms with Crippen LogP contribution in [0.2, 0.25) is 0 Å². The van der Waals surface area contributed by atoms with Gasteiger partial charge in [-0.2, -0.15) is 0 Å². The number of hydrogen-bond donors (Lipinski definition) is 0. The molecule has 0 aromatic heterocycles. The van der Waals surface area contributed by atoms with Gasteiger partial charge in [-0.15, -0.1) is 0 Å². The quantitative estimate of drug-likeness (QED) is 0.701. The van der Waals surface area contributed by atoms with Gasteiger partial charge in [-0.3, -0.25) is 4.99 Å². The van der Waals surface area contributed by atoms with Crippen molar-refractivity contribution in [2.75, 3.05) is 18.0 Å². The number of amidine groups is 1. The summed E-state index contributed by atoms with van der Waals surface area (Å²) in [5, 5.41) is 0. The summed E-state index contributed by atoms with van der Waals surface area (Å²) in [5.74, 6) is 2.51. The first-order valence-corrected chi connectivity index (χ1v) is 6.22. The lowest BCUT2D eigenvalue weighted by Gasteiger charge is -2.29. The molecule has 0 saturated carbocycles. The molecule has 2 unspecified atom stereocenters. The molecule has 0 saturated heterocycles. The van der Waals surface area contributed by atoms with E-state index in [1.165, 1.54) is 17.1 Å². The van der Waals surface area contributed by atoms with Crippen molar-refractivity contribution in [2.24, 2.45) is 10.9 Å². The molecule has 2 atom stereocenters. The summed E-state index contributed by atoms with van der Waals surface area (Å²) in [4.78, 5) is 7.21. The van der Waals surface area contributed by atoms with Gasteiger partial charge in [0.05, 0.1) is 0 Å². The molecule has 2 aliphatic heterocycles. The second-order valence-corrected chi connectivity index (χ2v) is 4.93. The zero-order valence-electron chi connectivity index (χ0n) is 9.98. The lowest BCUT2D eigenvalue weighted by Crippen LogP contribution is -2.38. The minimum absolute atomic E-state index is 0.531. The Kier molecular flexibility index (Phi) is 2.23. The summed E-state index contributed by atoms with van der Waals surface area (Å²) in [5.41, 5.74) is 2.86. The predicted molar refractivity (Wildman–Crippen MR) is 68.3 cm³/mol. The molecule has 0 spiro atoms. The predicted octanol–water partition coefficient (Wildman–Crippen LogP) is 3.05. The van der Waals surface area contributed by atoms with Crippen LogP contribution < -0.4 is 4.90 Å². The fourth-order valence-corrected chi connectivity index (χ4v) is 2.89. The molecule has 0 aliphatic carbocycles. The van der Waals surface area contributed by atoms with Crippen molar-refractivity contribution in [3.8, 4) is 0 Å². The van der Waals surface area contributed by atoms with Gasteiger partial charge in [0.2, 0.25) is 0 Å². The number of rotatable bonds is 1. The molecule has 84 valence electrons. The van der Waals surface area contributed by atoms with Crippen LogP contribution >= 0.6 is 0 Å². The Morgan fingerprint density at radius 1 is 1.38 bits per heavy atom. The molecule has 0 amide bonds. The lowest BCUT2D eigenvalue weighted by atomic mass is 9.97. The SMILES string of the molecule is CCC1C2=NCC(C)CN2c2ccccc21. The average Bonchev–Trinajstić information content (AvgIpc) is 2.62. The van der Waals surface area contributed by atoms with Crippen LogP contribution in [0.1, 0.15) is 31.7 Å². The van der Waals surface area contributed by atoms with E-state index >= 15 is 0 Å². The minimum Gasteiger partial charge on any atom is -0.329 e. The zero-order valence-corrected chi connectivity index (χ0v) is 9.98. The van der Waals surface area contributed by atoms with E-state index in [2.05, 4.69) is 43.0 Å². The highest BCUT2D eigenvalue weighted by molar-refractivity contribution is 6.08. The highest BCUT2D eigenvalue weighted by atomic mass is 15.2. The molecule has 2 heterocycles. The van der Waals surface area contributed by atoms with E-state index in [1.807, 2.05) is 0 Å². The first-order valence-electron chi connectivity index (χ1n) is 6.22. The van der Waals surface area contributed by atoms with Gasteiger partial charge in [-0.05, 0) is 24.0 Å². The Bertz CT molecular complexity index is 436. The monoisotopic (exact) mass is 214 g/mol. The lowest BCUT2D eigenvalue weighted by molar-refractivity contribution is 0.581. The van der Waals surface area contributed by atoms with Gasteiger partial charge in [0, 0.05) is 24.7 Å². The van der Waals surface area contributed by atoms with Crippen molar-refractivity contribution in [2.45, 2.75) is 26.2 Å². The molecule has 2 nitrogen and oxygen atoms in total. The first kappa shape index (κ1) is 9.88. The molecule has 16 heavy (non-hydrogen) atoms. The van der Waals surface area contributed by atoms with Gasteiger partial charge in [0.1, 0.15) is 5.84 Å². The van der Waals surface area contributed by atoms with E-state index in [4.69, 9.17) is 4.99 Å². The molecule has 2 heteroatoms. The fourth-order valence-electron chi connectivity index (χ4n) is 2.89. The van der Waals surface area contributed by atoms with E-state index in [0.29, 0.717) is 11.8 Å². The molecular weight excluding hydrogens is 196 g/mol. The fraction of sp³-hybridized carbons (Fsp3) is 0.500. The number of aliphatic imine (C=N–C) groups is 1. The molecule has 2 aliphatic rings. The van der Waals surface area contributed by atoms with Crippen LogP contribution in [-0.4, -0.2) is 18.9 Å². The van der Waals surface area contributed by atoms with Crippen LogP contribution in [-0.2, 0) is 0 Å². The van der Waals surface area contributed by atoms with Gasteiger partial charge < -0.3 is 4.90 Å². The Balaban J connectivity index is 2.11. The van der Waals surface area contributed by atoms with E-state index in [1.54, 1.807) is 0 Å². The van der Waals surface area contributed by atoms with Crippen LogP contribution in [0, 0.1) is 5.92 Å². The van der Waals surface area contributed by atoms with Crippen molar-refractivity contribution >= 4 is 11.5 Å². The second-order valence-electron chi connectivity index (χ2n) is 4.93. The van der Waals surface area contributed by atoms with Gasteiger partial charge in [0.25, 0.3) is 0 Å². The van der Waals surface area contributed by atoms with Crippen molar-refractivity contribution in [3.05, 3.63) is 29.8 Å². The third-order valence-electron chi connectivity index (χ3n) is 3.66. The molecule has 1 aromatic carbocycles. The number of benzene rings is 1. The molecule has 0 bridgehead atoms. The van der Waals surface area contributed by atoms with Crippen molar-refractivity contribution in [1.82, 2.24) is 0 Å². The van der Waals surface area contributed by atoms with E-state index in [9.17, 15) is 0 Å². The Labute approximate surface area is 97.0 Å². The summed E-state index contributed by atoms with van der Waals surface area (Å²) >= 11 is 0. The van der Waals surface area contributed by atoms with Crippen LogP contribution in [0.25, 0.3) is 0 Å². The number of anilines is 1. The smallest absolute Gasteiger partial charge is 0.111 e. The van der Waals surface area contributed by atoms with Gasteiger partial charge >= 0.3 is 0 Å². The highest BCUT2D eigenvalue weighted by Crippen LogP contribution is 2.41. The van der Waals surface area contributed by atoms with E-state index < -0.39 is 0 Å². The van der Waals surface area contributed by atoms with E-state index in [-0.39, 0.29) is 0 Å². The molecule has 0 fully saturated rings. The van der Waals surface area contributed by atoms with Crippen molar-refractivity contribution in [1.29, 1.82) is 0 Å². The maximum absolute atomic E-state index is 4.78. The number of para-hydroxylation sites is 1. The molecule has 1 aromatic rings. The molecule has 0 N–H and O–H groups in total. The van der Waals surface area contributed by atoms with Crippen LogP contribution in [0.5, 0.6) is 0 Å². The highest BCUT2D eigenvalue weighted by Gasteiger charge is 2.36. The third-order valence-corrected chi connectivity index (χ3v) is 3.66. The Hall–Kier alpha value is -1.31. The Morgan fingerprint density at radius 2 is 2.19 bits per heavy atom.